The first-order valence-electron chi connectivity index (χ1n) is 7.07. The van der Waals surface area contributed by atoms with Crippen LogP contribution in [0.3, 0.4) is 0 Å². The van der Waals surface area contributed by atoms with E-state index in [2.05, 4.69) is 5.32 Å². The fraction of sp³-hybridized carbons (Fsp3) is 0.400. The minimum atomic E-state index is -0.858. The minimum Gasteiger partial charge on any atom is -0.464 e. The lowest BCUT2D eigenvalue weighted by Gasteiger charge is -2.19. The number of anilines is 1. The molecule has 7 heteroatoms. The molecule has 0 radical (unpaired) electrons. The number of hydrogen-bond donors (Lipinski definition) is 1. The lowest BCUT2D eigenvalue weighted by Crippen LogP contribution is -2.40. The first-order chi connectivity index (χ1) is 10.6. The number of hydrogen-bond acceptors (Lipinski definition) is 6. The van der Waals surface area contributed by atoms with Crippen LogP contribution in [0.15, 0.2) is 30.3 Å². The van der Waals surface area contributed by atoms with Crippen LogP contribution in [0.1, 0.15) is 13.3 Å². The SMILES string of the molecule is CCOC(=O)C(CC(=O)N1CCOC1=O)Nc1ccccc1. The fourth-order valence-corrected chi connectivity index (χ4v) is 2.08. The molecule has 0 spiro atoms. The van der Waals surface area contributed by atoms with Crippen LogP contribution in [0.2, 0.25) is 0 Å². The van der Waals surface area contributed by atoms with Crippen LogP contribution in [-0.4, -0.2) is 48.7 Å². The van der Waals surface area contributed by atoms with Crippen molar-refractivity contribution in [2.45, 2.75) is 19.4 Å². The normalized spacial score (nSPS) is 15.1. The van der Waals surface area contributed by atoms with Gasteiger partial charge in [-0.3, -0.25) is 4.79 Å². The van der Waals surface area contributed by atoms with Gasteiger partial charge in [0.05, 0.1) is 19.6 Å². The number of ether oxygens (including phenoxy) is 2. The van der Waals surface area contributed by atoms with Gasteiger partial charge in [-0.05, 0) is 19.1 Å². The molecule has 1 aliphatic rings. The third kappa shape index (κ3) is 3.97. The maximum atomic E-state index is 12.1. The molecule has 2 rings (SSSR count). The molecule has 1 N–H and O–H groups in total. The van der Waals surface area contributed by atoms with E-state index < -0.39 is 24.0 Å². The number of benzene rings is 1. The number of imide groups is 1. The van der Waals surface area contributed by atoms with Crippen LogP contribution in [0.25, 0.3) is 0 Å². The third-order valence-electron chi connectivity index (χ3n) is 3.13. The molecule has 1 aromatic rings. The van der Waals surface area contributed by atoms with Gasteiger partial charge in [-0.2, -0.15) is 0 Å². The predicted octanol–water partition coefficient (Wildman–Crippen LogP) is 1.40. The monoisotopic (exact) mass is 306 g/mol. The van der Waals surface area contributed by atoms with Gasteiger partial charge >= 0.3 is 12.1 Å². The molecule has 0 aliphatic carbocycles. The van der Waals surface area contributed by atoms with E-state index in [1.807, 2.05) is 18.2 Å². The van der Waals surface area contributed by atoms with E-state index in [9.17, 15) is 14.4 Å². The number of rotatable bonds is 6. The van der Waals surface area contributed by atoms with Crippen LogP contribution in [-0.2, 0) is 19.1 Å². The zero-order valence-corrected chi connectivity index (χ0v) is 12.3. The number of amides is 2. The highest BCUT2D eigenvalue weighted by atomic mass is 16.6. The summed E-state index contributed by atoms with van der Waals surface area (Å²) in [5.41, 5.74) is 0.692. The summed E-state index contributed by atoms with van der Waals surface area (Å²) < 4.78 is 9.70. The van der Waals surface area contributed by atoms with Gasteiger partial charge in [-0.1, -0.05) is 18.2 Å². The minimum absolute atomic E-state index is 0.178. The van der Waals surface area contributed by atoms with Crippen LogP contribution >= 0.6 is 0 Å². The molecular weight excluding hydrogens is 288 g/mol. The molecule has 0 bridgehead atoms. The highest BCUT2D eigenvalue weighted by molar-refractivity contribution is 5.96. The maximum absolute atomic E-state index is 12.1. The zero-order valence-electron chi connectivity index (χ0n) is 12.3. The van der Waals surface area contributed by atoms with Crippen LogP contribution < -0.4 is 5.32 Å². The predicted molar refractivity (Wildman–Crippen MR) is 78.2 cm³/mol. The second-order valence-corrected chi connectivity index (χ2v) is 4.68. The van der Waals surface area contributed by atoms with Crippen molar-refractivity contribution in [1.29, 1.82) is 0 Å². The van der Waals surface area contributed by atoms with E-state index in [-0.39, 0.29) is 26.2 Å². The summed E-state index contributed by atoms with van der Waals surface area (Å²) in [6.07, 6.45) is -0.852. The molecule has 7 nitrogen and oxygen atoms in total. The van der Waals surface area contributed by atoms with Gasteiger partial charge < -0.3 is 14.8 Å². The molecular formula is C15H18N2O5. The van der Waals surface area contributed by atoms with Gasteiger partial charge in [-0.15, -0.1) is 0 Å². The number of esters is 1. The molecule has 0 aromatic heterocycles. The van der Waals surface area contributed by atoms with Crippen molar-refractivity contribution in [2.75, 3.05) is 25.1 Å². The number of nitrogens with zero attached hydrogens (tertiary/aromatic N) is 1. The van der Waals surface area contributed by atoms with Gasteiger partial charge in [0, 0.05) is 5.69 Å². The Kier molecular flexibility index (Phi) is 5.35. The second-order valence-electron chi connectivity index (χ2n) is 4.68. The van der Waals surface area contributed by atoms with Crippen LogP contribution in [0.5, 0.6) is 0 Å². The molecule has 1 aromatic carbocycles. The van der Waals surface area contributed by atoms with Crippen molar-refractivity contribution >= 4 is 23.7 Å². The largest absolute Gasteiger partial charge is 0.464 e. The lowest BCUT2D eigenvalue weighted by atomic mass is 10.1. The molecule has 1 saturated heterocycles. The molecule has 1 fully saturated rings. The first-order valence-corrected chi connectivity index (χ1v) is 7.07. The third-order valence-corrected chi connectivity index (χ3v) is 3.13. The summed E-state index contributed by atoms with van der Waals surface area (Å²) >= 11 is 0. The quantitative estimate of drug-likeness (QED) is 0.800. The highest BCUT2D eigenvalue weighted by Crippen LogP contribution is 2.13. The summed E-state index contributed by atoms with van der Waals surface area (Å²) in [4.78, 5) is 36.5. The lowest BCUT2D eigenvalue weighted by molar-refractivity contribution is -0.146. The Morgan fingerprint density at radius 3 is 2.68 bits per heavy atom. The summed E-state index contributed by atoms with van der Waals surface area (Å²) in [5.74, 6) is -1.00. The van der Waals surface area contributed by atoms with E-state index in [0.717, 1.165) is 4.90 Å². The van der Waals surface area contributed by atoms with Gasteiger partial charge in [0.25, 0.3) is 0 Å². The van der Waals surface area contributed by atoms with Crippen LogP contribution in [0.4, 0.5) is 10.5 Å². The smallest absolute Gasteiger partial charge is 0.416 e. The van der Waals surface area contributed by atoms with E-state index in [0.29, 0.717) is 5.69 Å². The average Bonchev–Trinajstić information content (AvgIpc) is 2.94. The van der Waals surface area contributed by atoms with Gasteiger partial charge in [0.1, 0.15) is 12.6 Å². The topological polar surface area (TPSA) is 84.9 Å². The van der Waals surface area contributed by atoms with Crippen molar-refractivity contribution in [3.63, 3.8) is 0 Å². The van der Waals surface area contributed by atoms with Gasteiger partial charge in [0.15, 0.2) is 0 Å². The van der Waals surface area contributed by atoms with E-state index in [1.54, 1.807) is 19.1 Å². The highest BCUT2D eigenvalue weighted by Gasteiger charge is 2.32. The Morgan fingerprint density at radius 1 is 1.36 bits per heavy atom. The van der Waals surface area contributed by atoms with Crippen molar-refractivity contribution in [2.24, 2.45) is 0 Å². The molecule has 1 atom stereocenters. The number of carbonyl (C=O) groups excluding carboxylic acids is 3. The van der Waals surface area contributed by atoms with E-state index >= 15 is 0 Å². The summed E-state index contributed by atoms with van der Waals surface area (Å²) in [5, 5.41) is 2.96. The zero-order chi connectivity index (χ0) is 15.9. The van der Waals surface area contributed by atoms with E-state index in [4.69, 9.17) is 9.47 Å². The molecule has 1 heterocycles. The Balaban J connectivity index is 2.05. The molecule has 1 aliphatic heterocycles. The molecule has 0 saturated carbocycles. The van der Waals surface area contributed by atoms with E-state index in [1.165, 1.54) is 0 Å². The Hall–Kier alpha value is -2.57. The fourth-order valence-electron chi connectivity index (χ4n) is 2.08. The summed E-state index contributed by atoms with van der Waals surface area (Å²) in [7, 11) is 0. The van der Waals surface area contributed by atoms with Gasteiger partial charge in [0.2, 0.25) is 5.91 Å². The number of carbonyl (C=O) groups is 3. The van der Waals surface area contributed by atoms with Crippen molar-refractivity contribution < 1.29 is 23.9 Å². The Labute approximate surface area is 128 Å². The van der Waals surface area contributed by atoms with Crippen LogP contribution in [0, 0.1) is 0 Å². The molecule has 2 amide bonds. The number of para-hydroxylation sites is 1. The standard InChI is InChI=1S/C15H18N2O5/c1-2-21-14(19)12(16-11-6-4-3-5-7-11)10-13(18)17-8-9-22-15(17)20/h3-7,12,16H,2,8-10H2,1H3. The van der Waals surface area contributed by atoms with Crippen molar-refractivity contribution in [1.82, 2.24) is 4.90 Å². The molecule has 22 heavy (non-hydrogen) atoms. The first kappa shape index (κ1) is 15.8. The van der Waals surface area contributed by atoms with Crippen molar-refractivity contribution in [3.8, 4) is 0 Å². The number of cyclic esters (lactones) is 1. The Morgan fingerprint density at radius 2 is 2.09 bits per heavy atom. The molecule has 1 unspecified atom stereocenters. The maximum Gasteiger partial charge on any atom is 0.416 e. The van der Waals surface area contributed by atoms with Gasteiger partial charge in [-0.25, -0.2) is 14.5 Å². The second kappa shape index (κ2) is 7.44. The average molecular weight is 306 g/mol. The Bertz CT molecular complexity index is 546. The van der Waals surface area contributed by atoms with Crippen molar-refractivity contribution in [3.05, 3.63) is 30.3 Å². The molecule has 118 valence electrons. The summed E-state index contributed by atoms with van der Waals surface area (Å²) in [6.45, 7) is 2.29. The number of nitrogens with one attached hydrogen (secondary N) is 1. The summed E-state index contributed by atoms with van der Waals surface area (Å²) in [6, 6.07) is 8.16.